The lowest BCUT2D eigenvalue weighted by molar-refractivity contribution is -0.0776. The first kappa shape index (κ1) is 7.88. The van der Waals surface area contributed by atoms with E-state index in [0.717, 1.165) is 6.42 Å². The van der Waals surface area contributed by atoms with Crippen LogP contribution in [-0.4, -0.2) is 24.0 Å². The van der Waals surface area contributed by atoms with Crippen LogP contribution >= 0.6 is 0 Å². The van der Waals surface area contributed by atoms with Gasteiger partial charge in [-0.15, -0.1) is 9.60 Å². The van der Waals surface area contributed by atoms with Gasteiger partial charge in [-0.3, -0.25) is 0 Å². The molecule has 2 atom stereocenters. The first-order chi connectivity index (χ1) is 4.70. The summed E-state index contributed by atoms with van der Waals surface area (Å²) in [5.41, 5.74) is 5.45. The van der Waals surface area contributed by atoms with Crippen molar-refractivity contribution in [3.05, 3.63) is 0 Å². The third-order valence-electron chi connectivity index (χ3n) is 1.75. The van der Waals surface area contributed by atoms with Crippen LogP contribution in [0.3, 0.4) is 0 Å². The van der Waals surface area contributed by atoms with E-state index in [4.69, 9.17) is 5.73 Å². The maximum absolute atomic E-state index is 12.6. The first-order valence-electron chi connectivity index (χ1n) is 3.52. The molecule has 2 unspecified atom stereocenters. The summed E-state index contributed by atoms with van der Waals surface area (Å²) in [7, 11) is 0. The second-order valence-electron chi connectivity index (χ2n) is 2.70. The molecule has 0 amide bonds. The summed E-state index contributed by atoms with van der Waals surface area (Å²) in [6.07, 6.45) is 0.00704. The number of nitrogens with two attached hydrogens (primary N) is 1. The molecule has 0 bridgehead atoms. The molecule has 1 heterocycles. The van der Waals surface area contributed by atoms with Crippen molar-refractivity contribution >= 4 is 0 Å². The van der Waals surface area contributed by atoms with Crippen LogP contribution in [0.5, 0.6) is 0 Å². The number of hydrogen-bond donors (Lipinski definition) is 1. The Balaban J connectivity index is 2.41. The lowest BCUT2D eigenvalue weighted by Crippen LogP contribution is -2.28. The average molecular weight is 150 g/mol. The van der Waals surface area contributed by atoms with E-state index in [-0.39, 0.29) is 24.1 Å². The molecule has 10 heavy (non-hydrogen) atoms. The van der Waals surface area contributed by atoms with Gasteiger partial charge in [0.2, 0.25) is 0 Å². The van der Waals surface area contributed by atoms with Gasteiger partial charge in [-0.1, -0.05) is 0 Å². The van der Waals surface area contributed by atoms with Gasteiger partial charge in [0.1, 0.15) is 0 Å². The summed E-state index contributed by atoms with van der Waals surface area (Å²) < 4.78 is 25.0. The first-order valence-corrected chi connectivity index (χ1v) is 3.52. The van der Waals surface area contributed by atoms with Gasteiger partial charge in [0.05, 0.1) is 0 Å². The third-order valence-corrected chi connectivity index (χ3v) is 1.75. The molecular weight excluding hydrogens is 138 g/mol. The van der Waals surface area contributed by atoms with Crippen molar-refractivity contribution in [1.82, 2.24) is 5.12 Å². The van der Waals surface area contributed by atoms with Crippen molar-refractivity contribution in [3.63, 3.8) is 0 Å². The maximum atomic E-state index is 12.6. The normalized spacial score (nSPS) is 37.5. The molecule has 0 aromatic heterocycles. The van der Waals surface area contributed by atoms with Crippen molar-refractivity contribution < 1.29 is 8.87 Å². The highest BCUT2D eigenvalue weighted by Crippen LogP contribution is 2.16. The molecule has 1 rings (SSSR count). The fourth-order valence-corrected chi connectivity index (χ4v) is 1.13. The molecule has 1 fully saturated rings. The largest absolute Gasteiger partial charge is 0.328 e. The molecule has 4 heteroatoms. The Morgan fingerprint density at radius 2 is 2.20 bits per heavy atom. The van der Waals surface area contributed by atoms with Gasteiger partial charge in [-0.05, 0) is 12.8 Å². The molecular formula is C6H12F2N2. The number of alkyl halides is 1. The maximum Gasteiger partial charge on any atom is 0.181 e. The second-order valence-corrected chi connectivity index (χ2v) is 2.70. The molecule has 1 aliphatic heterocycles. The average Bonchev–Trinajstić information content (AvgIpc) is 1.96. The molecule has 0 spiro atoms. The van der Waals surface area contributed by atoms with Gasteiger partial charge in [0, 0.05) is 19.0 Å². The molecule has 0 aliphatic carbocycles. The summed E-state index contributed by atoms with van der Waals surface area (Å²) in [5, 5.41) is 0.229. The number of hydrogen-bond acceptors (Lipinski definition) is 2. The zero-order chi connectivity index (χ0) is 7.56. The Labute approximate surface area is 58.9 Å². The summed E-state index contributed by atoms with van der Waals surface area (Å²) in [6, 6.07) is -0.171. The van der Waals surface area contributed by atoms with E-state index in [1.165, 1.54) is 0 Å². The topological polar surface area (TPSA) is 29.3 Å². The lowest BCUT2D eigenvalue weighted by atomic mass is 10.1. The Hall–Kier alpha value is -0.220. The Kier molecular flexibility index (Phi) is 2.56. The van der Waals surface area contributed by atoms with E-state index in [1.54, 1.807) is 0 Å². The Morgan fingerprint density at radius 3 is 2.90 bits per heavy atom. The quantitative estimate of drug-likeness (QED) is 0.412. The fraction of sp³-hybridized carbons (Fsp3) is 1.00. The van der Waals surface area contributed by atoms with E-state index in [0.29, 0.717) is 6.42 Å². The molecule has 1 aliphatic rings. The summed E-state index contributed by atoms with van der Waals surface area (Å²) in [4.78, 5) is 0. The van der Waals surface area contributed by atoms with E-state index < -0.39 is 6.30 Å². The molecule has 60 valence electrons. The highest BCUT2D eigenvalue weighted by atomic mass is 19.2. The molecule has 2 N–H and O–H groups in total. The van der Waals surface area contributed by atoms with Crippen LogP contribution in [-0.2, 0) is 0 Å². The molecule has 0 radical (unpaired) electrons. The van der Waals surface area contributed by atoms with Gasteiger partial charge in [-0.2, -0.15) is 0 Å². The third kappa shape index (κ3) is 1.88. The van der Waals surface area contributed by atoms with E-state index >= 15 is 0 Å². The minimum atomic E-state index is -1.49. The van der Waals surface area contributed by atoms with Crippen LogP contribution in [0.1, 0.15) is 19.3 Å². The smallest absolute Gasteiger partial charge is 0.181 e. The van der Waals surface area contributed by atoms with E-state index in [2.05, 4.69) is 0 Å². The molecule has 0 aromatic rings. The van der Waals surface area contributed by atoms with Crippen molar-refractivity contribution in [3.8, 4) is 0 Å². The van der Waals surface area contributed by atoms with Crippen LogP contribution in [0, 0.1) is 0 Å². The second kappa shape index (κ2) is 3.25. The minimum Gasteiger partial charge on any atom is -0.328 e. The molecule has 0 saturated carbocycles. The number of rotatable bonds is 0. The SMILES string of the molecule is NC1CCCN(F)C(F)C1. The number of nitrogens with zero attached hydrogens (tertiary/aromatic N) is 1. The molecule has 2 nitrogen and oxygen atoms in total. The van der Waals surface area contributed by atoms with Gasteiger partial charge < -0.3 is 5.73 Å². The van der Waals surface area contributed by atoms with Crippen molar-refractivity contribution in [2.24, 2.45) is 5.73 Å². The van der Waals surface area contributed by atoms with Crippen LogP contribution in [0.25, 0.3) is 0 Å². The summed E-state index contributed by atoms with van der Waals surface area (Å²) >= 11 is 0. The monoisotopic (exact) mass is 150 g/mol. The zero-order valence-corrected chi connectivity index (χ0v) is 5.76. The van der Waals surface area contributed by atoms with E-state index in [1.807, 2.05) is 0 Å². The van der Waals surface area contributed by atoms with Crippen molar-refractivity contribution in [2.45, 2.75) is 31.6 Å². The Bertz CT molecular complexity index is 110. The van der Waals surface area contributed by atoms with Crippen LogP contribution in [0.2, 0.25) is 0 Å². The Morgan fingerprint density at radius 1 is 1.50 bits per heavy atom. The van der Waals surface area contributed by atoms with Gasteiger partial charge in [-0.25, -0.2) is 4.39 Å². The van der Waals surface area contributed by atoms with Crippen molar-refractivity contribution in [2.75, 3.05) is 6.54 Å². The zero-order valence-electron chi connectivity index (χ0n) is 5.76. The predicted octanol–water partition coefficient (Wildman–Crippen LogP) is 0.980. The van der Waals surface area contributed by atoms with Gasteiger partial charge >= 0.3 is 0 Å². The summed E-state index contributed by atoms with van der Waals surface area (Å²) in [6.45, 7) is 0.175. The fourth-order valence-electron chi connectivity index (χ4n) is 1.13. The highest BCUT2D eigenvalue weighted by Gasteiger charge is 2.23. The van der Waals surface area contributed by atoms with Crippen LogP contribution in [0.15, 0.2) is 0 Å². The van der Waals surface area contributed by atoms with Crippen molar-refractivity contribution in [1.29, 1.82) is 0 Å². The highest BCUT2D eigenvalue weighted by molar-refractivity contribution is 4.70. The minimum absolute atomic E-state index is 0.122. The predicted molar refractivity (Wildman–Crippen MR) is 34.5 cm³/mol. The van der Waals surface area contributed by atoms with E-state index in [9.17, 15) is 8.87 Å². The lowest BCUT2D eigenvalue weighted by Gasteiger charge is -2.13. The van der Waals surface area contributed by atoms with Crippen LogP contribution < -0.4 is 5.73 Å². The molecule has 1 saturated heterocycles. The van der Waals surface area contributed by atoms with Crippen LogP contribution in [0.4, 0.5) is 8.87 Å². The van der Waals surface area contributed by atoms with Gasteiger partial charge in [0.25, 0.3) is 0 Å². The number of halogens is 2. The van der Waals surface area contributed by atoms with Gasteiger partial charge in [0.15, 0.2) is 6.30 Å². The standard InChI is InChI=1S/C6H12F2N2/c7-6-4-5(9)2-1-3-10(6)8/h5-6H,1-4,9H2. The summed E-state index contributed by atoms with van der Waals surface area (Å²) in [5.74, 6) is 0. The molecule has 0 aromatic carbocycles.